The Labute approximate surface area is 247 Å². The highest BCUT2D eigenvalue weighted by Crippen LogP contribution is 2.55. The number of nitro groups is 1. The SMILES string of the molecule is CCCN1C2=C(C(=O)CC(C)(C)C2)C(c2ccc(OCc3cccc([N+](=O)[O-])c3)c(OC)c2)C2=C1CC(C)(C)CC2=O. The summed E-state index contributed by atoms with van der Waals surface area (Å²) in [6.07, 6.45) is 3.33. The summed E-state index contributed by atoms with van der Waals surface area (Å²) in [4.78, 5) is 40.9. The van der Waals surface area contributed by atoms with Crippen molar-refractivity contribution >= 4 is 17.3 Å². The van der Waals surface area contributed by atoms with Crippen LogP contribution in [0.3, 0.4) is 0 Å². The number of nitrogens with zero attached hydrogens (tertiary/aromatic N) is 2. The molecule has 0 unspecified atom stereocenters. The number of Topliss-reactive ketones (excluding diaryl/α,β-unsaturated/α-hetero) is 2. The van der Waals surface area contributed by atoms with Crippen LogP contribution in [0, 0.1) is 20.9 Å². The van der Waals surface area contributed by atoms with Gasteiger partial charge in [-0.1, -0.05) is 52.8 Å². The fourth-order valence-corrected chi connectivity index (χ4v) is 6.78. The van der Waals surface area contributed by atoms with Crippen molar-refractivity contribution in [3.05, 3.63) is 86.2 Å². The van der Waals surface area contributed by atoms with Gasteiger partial charge in [-0.2, -0.15) is 0 Å². The predicted molar refractivity (Wildman–Crippen MR) is 160 cm³/mol. The van der Waals surface area contributed by atoms with Crippen LogP contribution in [-0.2, 0) is 16.2 Å². The maximum Gasteiger partial charge on any atom is 0.269 e. The maximum atomic E-state index is 13.9. The molecule has 8 heteroatoms. The van der Waals surface area contributed by atoms with E-state index in [2.05, 4.69) is 39.5 Å². The first-order valence-electron chi connectivity index (χ1n) is 14.7. The molecule has 2 aromatic carbocycles. The molecule has 0 radical (unpaired) electrons. The third kappa shape index (κ3) is 5.59. The highest BCUT2D eigenvalue weighted by atomic mass is 16.6. The molecular weight excluding hydrogens is 532 g/mol. The van der Waals surface area contributed by atoms with Crippen LogP contribution in [0.15, 0.2) is 65.0 Å². The van der Waals surface area contributed by atoms with Crippen molar-refractivity contribution in [3.8, 4) is 11.5 Å². The molecule has 2 aliphatic carbocycles. The third-order valence-corrected chi connectivity index (χ3v) is 8.51. The quantitative estimate of drug-likeness (QED) is 0.242. The predicted octanol–water partition coefficient (Wildman–Crippen LogP) is 7.28. The number of methoxy groups -OCH3 is 1. The van der Waals surface area contributed by atoms with Crippen molar-refractivity contribution < 1.29 is 24.0 Å². The van der Waals surface area contributed by atoms with Crippen LogP contribution in [0.5, 0.6) is 11.5 Å². The average Bonchev–Trinajstić information content (AvgIpc) is 2.91. The van der Waals surface area contributed by atoms with E-state index in [1.807, 2.05) is 12.1 Å². The molecule has 0 aromatic heterocycles. The van der Waals surface area contributed by atoms with E-state index in [1.165, 1.54) is 12.1 Å². The Hall–Kier alpha value is -3.94. The van der Waals surface area contributed by atoms with Gasteiger partial charge < -0.3 is 14.4 Å². The van der Waals surface area contributed by atoms with Crippen molar-refractivity contribution in [1.82, 2.24) is 4.90 Å². The fraction of sp³-hybridized carbons (Fsp3) is 0.471. The number of carbonyl (C=O) groups excluding carboxylic acids is 2. The molecule has 0 bridgehead atoms. The molecule has 0 saturated carbocycles. The zero-order valence-corrected chi connectivity index (χ0v) is 25.4. The number of carbonyl (C=O) groups is 2. The Bertz CT molecular complexity index is 1460. The monoisotopic (exact) mass is 572 g/mol. The number of hydrogen-bond donors (Lipinski definition) is 0. The summed E-state index contributed by atoms with van der Waals surface area (Å²) in [6, 6.07) is 11.9. The van der Waals surface area contributed by atoms with Crippen LogP contribution < -0.4 is 9.47 Å². The Kier molecular flexibility index (Phi) is 7.77. The van der Waals surface area contributed by atoms with Gasteiger partial charge in [0.1, 0.15) is 6.61 Å². The van der Waals surface area contributed by atoms with Crippen LogP contribution in [-0.4, -0.2) is 35.0 Å². The molecule has 0 spiro atoms. The van der Waals surface area contributed by atoms with Gasteiger partial charge >= 0.3 is 0 Å². The second-order valence-corrected chi connectivity index (χ2v) is 13.3. The van der Waals surface area contributed by atoms with E-state index >= 15 is 0 Å². The molecule has 0 amide bonds. The van der Waals surface area contributed by atoms with Gasteiger partial charge in [-0.3, -0.25) is 19.7 Å². The Morgan fingerprint density at radius 2 is 1.52 bits per heavy atom. The summed E-state index contributed by atoms with van der Waals surface area (Å²) in [5.74, 6) is 0.690. The first-order valence-corrected chi connectivity index (χ1v) is 14.7. The van der Waals surface area contributed by atoms with Crippen LogP contribution in [0.4, 0.5) is 5.69 Å². The molecule has 5 rings (SSSR count). The van der Waals surface area contributed by atoms with Gasteiger partial charge in [-0.25, -0.2) is 0 Å². The lowest BCUT2D eigenvalue weighted by Crippen LogP contribution is -2.44. The third-order valence-electron chi connectivity index (χ3n) is 8.51. The first-order chi connectivity index (χ1) is 19.8. The number of non-ortho nitro benzene ring substituents is 1. The number of rotatable bonds is 8. The molecule has 3 aliphatic rings. The molecule has 0 fully saturated rings. The van der Waals surface area contributed by atoms with Crippen LogP contribution in [0.25, 0.3) is 0 Å². The first kappa shape index (κ1) is 29.5. The lowest BCUT2D eigenvalue weighted by molar-refractivity contribution is -0.384. The minimum absolute atomic E-state index is 0.00152. The van der Waals surface area contributed by atoms with Gasteiger partial charge in [0.2, 0.25) is 0 Å². The summed E-state index contributed by atoms with van der Waals surface area (Å²) in [6.45, 7) is 11.6. The van der Waals surface area contributed by atoms with Crippen molar-refractivity contribution in [1.29, 1.82) is 0 Å². The largest absolute Gasteiger partial charge is 0.493 e. The van der Waals surface area contributed by atoms with Crippen molar-refractivity contribution in [2.75, 3.05) is 13.7 Å². The molecule has 222 valence electrons. The lowest BCUT2D eigenvalue weighted by Gasteiger charge is -2.49. The van der Waals surface area contributed by atoms with E-state index in [1.54, 1.807) is 25.3 Å². The number of ether oxygens (including phenoxy) is 2. The molecule has 0 atom stereocenters. The van der Waals surface area contributed by atoms with E-state index in [4.69, 9.17) is 9.47 Å². The smallest absolute Gasteiger partial charge is 0.269 e. The van der Waals surface area contributed by atoms with E-state index < -0.39 is 10.8 Å². The molecule has 1 heterocycles. The summed E-state index contributed by atoms with van der Waals surface area (Å²) >= 11 is 0. The second kappa shape index (κ2) is 11.0. The summed E-state index contributed by atoms with van der Waals surface area (Å²) in [5.41, 5.74) is 4.74. The standard InChI is InChI=1S/C34H40N2O6/c1-7-13-35-24-16-33(2,3)18-26(37)31(24)30(32-25(35)17-34(4,5)19-27(32)38)22-11-12-28(29(15-22)41-6)42-20-21-9-8-10-23(14-21)36(39)40/h8-12,14-15,30H,7,13,16-20H2,1-6H3. The number of benzene rings is 2. The van der Waals surface area contributed by atoms with Gasteiger partial charge in [0.05, 0.1) is 12.0 Å². The Morgan fingerprint density at radius 1 is 0.905 bits per heavy atom. The fourth-order valence-electron chi connectivity index (χ4n) is 6.78. The van der Waals surface area contributed by atoms with Gasteiger partial charge in [-0.05, 0) is 53.4 Å². The van der Waals surface area contributed by atoms with E-state index in [0.29, 0.717) is 29.9 Å². The topological polar surface area (TPSA) is 99.0 Å². The van der Waals surface area contributed by atoms with E-state index in [-0.39, 0.29) is 34.7 Å². The summed E-state index contributed by atoms with van der Waals surface area (Å²) in [7, 11) is 1.56. The lowest BCUT2D eigenvalue weighted by atomic mass is 9.63. The number of hydrogen-bond acceptors (Lipinski definition) is 7. The van der Waals surface area contributed by atoms with Crippen LogP contribution in [0.1, 0.15) is 83.8 Å². The highest BCUT2D eigenvalue weighted by Gasteiger charge is 2.48. The summed E-state index contributed by atoms with van der Waals surface area (Å²) in [5, 5.41) is 11.2. The Morgan fingerprint density at radius 3 is 2.07 bits per heavy atom. The van der Waals surface area contributed by atoms with Crippen LogP contribution in [0.2, 0.25) is 0 Å². The summed E-state index contributed by atoms with van der Waals surface area (Å²) < 4.78 is 11.8. The van der Waals surface area contributed by atoms with Crippen molar-refractivity contribution in [2.24, 2.45) is 10.8 Å². The van der Waals surface area contributed by atoms with Gasteiger partial charge in [0.25, 0.3) is 5.69 Å². The van der Waals surface area contributed by atoms with E-state index in [9.17, 15) is 19.7 Å². The highest BCUT2D eigenvalue weighted by molar-refractivity contribution is 6.06. The minimum Gasteiger partial charge on any atom is -0.493 e. The zero-order valence-electron chi connectivity index (χ0n) is 25.4. The number of ketones is 2. The van der Waals surface area contributed by atoms with Crippen molar-refractivity contribution in [2.45, 2.75) is 79.2 Å². The molecule has 1 aliphatic heterocycles. The van der Waals surface area contributed by atoms with Gasteiger partial charge in [0.15, 0.2) is 23.1 Å². The number of allylic oxidation sites excluding steroid dienone is 4. The maximum absolute atomic E-state index is 13.9. The van der Waals surface area contributed by atoms with Crippen LogP contribution >= 0.6 is 0 Å². The Balaban J connectivity index is 1.59. The normalized spacial score (nSPS) is 19.9. The number of nitro benzene ring substituents is 1. The average molecular weight is 573 g/mol. The second-order valence-electron chi connectivity index (χ2n) is 13.3. The minimum atomic E-state index is -0.463. The molecular formula is C34H40N2O6. The van der Waals surface area contributed by atoms with E-state index in [0.717, 1.165) is 53.9 Å². The van der Waals surface area contributed by atoms with Gasteiger partial charge in [0, 0.05) is 60.0 Å². The molecule has 0 N–H and O–H groups in total. The molecule has 0 saturated heterocycles. The van der Waals surface area contributed by atoms with Crippen molar-refractivity contribution in [3.63, 3.8) is 0 Å². The van der Waals surface area contributed by atoms with Gasteiger partial charge in [-0.15, -0.1) is 0 Å². The molecule has 8 nitrogen and oxygen atoms in total. The molecule has 42 heavy (non-hydrogen) atoms. The zero-order chi connectivity index (χ0) is 30.4. The molecule has 2 aromatic rings.